The minimum absolute atomic E-state index is 0.0337. The van der Waals surface area contributed by atoms with Gasteiger partial charge in [-0.15, -0.1) is 0 Å². The van der Waals surface area contributed by atoms with Crippen molar-refractivity contribution in [2.24, 2.45) is 0 Å². The number of nitrogens with zero attached hydrogens (tertiary/aromatic N) is 1. The Kier molecular flexibility index (Phi) is 2.21. The average Bonchev–Trinajstić information content (AvgIpc) is 1.80. The third-order valence-corrected chi connectivity index (χ3v) is 4.42. The molecule has 1 rings (SSSR count). The summed E-state index contributed by atoms with van der Waals surface area (Å²) in [5.41, 5.74) is 2.46. The molecule has 1 aliphatic rings. The molecule has 0 amide bonds. The van der Waals surface area contributed by atoms with Crippen LogP contribution in [-0.2, 0) is 0 Å². The summed E-state index contributed by atoms with van der Waals surface area (Å²) < 4.78 is 3.80. The van der Waals surface area contributed by atoms with E-state index in [1.807, 2.05) is 0 Å². The van der Waals surface area contributed by atoms with Crippen LogP contribution >= 0.6 is 0 Å². The Labute approximate surface area is 66.3 Å². The monoisotopic (exact) mass is 238 g/mol. The summed E-state index contributed by atoms with van der Waals surface area (Å²) in [6.45, 7) is 6.35. The zero-order chi connectivity index (χ0) is 6.85. The van der Waals surface area contributed by atoms with Crippen molar-refractivity contribution in [2.45, 2.75) is 20.8 Å². The van der Waals surface area contributed by atoms with E-state index in [9.17, 15) is 0 Å². The van der Waals surface area contributed by atoms with Crippen molar-refractivity contribution >= 4 is 20.9 Å². The van der Waals surface area contributed by atoms with E-state index in [-0.39, 0.29) is 20.9 Å². The number of hydrogen-bond acceptors (Lipinski definition) is 0. The molecule has 1 aliphatic heterocycles. The van der Waals surface area contributed by atoms with Gasteiger partial charge < -0.3 is 0 Å². The maximum absolute atomic E-state index is 4.34. The van der Waals surface area contributed by atoms with Crippen LogP contribution < -0.4 is 5.32 Å². The summed E-state index contributed by atoms with van der Waals surface area (Å²) in [6, 6.07) is 0. The van der Waals surface area contributed by atoms with Crippen LogP contribution in [0.1, 0.15) is 20.8 Å². The quantitative estimate of drug-likeness (QED) is 0.564. The van der Waals surface area contributed by atoms with Crippen molar-refractivity contribution in [3.8, 4) is 0 Å². The third kappa shape index (κ3) is 1.74. The van der Waals surface area contributed by atoms with Crippen molar-refractivity contribution in [1.29, 1.82) is 0 Å². The molecule has 0 aromatic rings. The third-order valence-electron chi connectivity index (χ3n) is 1.26. The second kappa shape index (κ2) is 2.77. The molecule has 0 aromatic carbocycles. The molecule has 1 radical (unpaired) electrons. The van der Waals surface area contributed by atoms with E-state index < -0.39 is 0 Å². The van der Waals surface area contributed by atoms with E-state index >= 15 is 0 Å². The molecule has 9 heavy (non-hydrogen) atoms. The van der Waals surface area contributed by atoms with Gasteiger partial charge in [0.05, 0.1) is 0 Å². The summed E-state index contributed by atoms with van der Waals surface area (Å²) in [7, 11) is 0. The predicted octanol–water partition coefficient (Wildman–Crippen LogP) is 1.42. The fraction of sp³-hybridized carbons (Fsp3) is 0.429. The van der Waals surface area contributed by atoms with Crippen LogP contribution in [0.3, 0.4) is 0 Å². The van der Waals surface area contributed by atoms with Gasteiger partial charge in [0.15, 0.2) is 0 Å². The molecular weight excluding hydrogens is 226 g/mol. The Bertz CT molecular complexity index is 179. The van der Waals surface area contributed by atoms with Crippen LogP contribution in [-0.4, -0.2) is 20.9 Å². The van der Waals surface area contributed by atoms with Gasteiger partial charge in [0.1, 0.15) is 0 Å². The Hall–Kier alpha value is 0.0696. The molecule has 0 fully saturated rings. The minimum atomic E-state index is 0.0337. The molecule has 0 spiro atoms. The van der Waals surface area contributed by atoms with Gasteiger partial charge in [-0.05, 0) is 0 Å². The normalized spacial score (nSPS) is 19.2. The molecule has 0 aliphatic carbocycles. The Balaban J connectivity index is 2.70. The maximum atomic E-state index is 4.34. The second-order valence-electron chi connectivity index (χ2n) is 2.13. The van der Waals surface area contributed by atoms with Crippen molar-refractivity contribution in [2.75, 3.05) is 0 Å². The van der Waals surface area contributed by atoms with Gasteiger partial charge >= 0.3 is 66.2 Å². The number of allylic oxidation sites excluding steroid dienone is 3. The van der Waals surface area contributed by atoms with Crippen LogP contribution in [0.15, 0.2) is 19.1 Å². The molecule has 0 saturated heterocycles. The van der Waals surface area contributed by atoms with Crippen molar-refractivity contribution in [3.63, 3.8) is 0 Å². The first-order valence-corrected chi connectivity index (χ1v) is 5.44. The molecule has 0 atom stereocenters. The molecule has 0 aromatic heterocycles. The van der Waals surface area contributed by atoms with Crippen molar-refractivity contribution in [1.82, 2.24) is 5.32 Å². The topological polar surface area (TPSA) is 14.1 Å². The van der Waals surface area contributed by atoms with Gasteiger partial charge in [0.25, 0.3) is 0 Å². The first-order valence-electron chi connectivity index (χ1n) is 2.93. The van der Waals surface area contributed by atoms with Gasteiger partial charge in [0, 0.05) is 0 Å². The molecule has 0 unspecified atom stereocenters. The zero-order valence-electron chi connectivity index (χ0n) is 5.93. The fourth-order valence-corrected chi connectivity index (χ4v) is 2.39. The molecular formula is C7H10NTe. The molecule has 0 bridgehead atoms. The second-order valence-corrected chi connectivity index (χ2v) is 5.22. The van der Waals surface area contributed by atoms with Gasteiger partial charge in [-0.2, -0.15) is 0 Å². The van der Waals surface area contributed by atoms with Crippen LogP contribution in [0.2, 0.25) is 0 Å². The summed E-state index contributed by atoms with van der Waals surface area (Å²) in [4.78, 5) is 0. The summed E-state index contributed by atoms with van der Waals surface area (Å²) >= 11 is 0.0337. The van der Waals surface area contributed by atoms with Gasteiger partial charge in [0.2, 0.25) is 0 Å². The van der Waals surface area contributed by atoms with E-state index in [4.69, 9.17) is 0 Å². The molecule has 2 heteroatoms. The number of hydrogen-bond donors (Lipinski definition) is 0. The first-order chi connectivity index (χ1) is 4.20. The molecule has 0 saturated carbocycles. The summed E-state index contributed by atoms with van der Waals surface area (Å²) in [5.74, 6) is 0. The van der Waals surface area contributed by atoms with Crippen molar-refractivity contribution < 1.29 is 0 Å². The molecule has 1 nitrogen and oxygen atoms in total. The van der Waals surface area contributed by atoms with Crippen LogP contribution in [0.5, 0.6) is 0 Å². The zero-order valence-corrected chi connectivity index (χ0v) is 8.26. The SMILES string of the molecule is CC1=C[Te]C(C)=C(C)[N]1. The van der Waals surface area contributed by atoms with Crippen LogP contribution in [0.25, 0.3) is 0 Å². The van der Waals surface area contributed by atoms with Crippen LogP contribution in [0.4, 0.5) is 0 Å². The van der Waals surface area contributed by atoms with Gasteiger partial charge in [-0.1, -0.05) is 0 Å². The fourth-order valence-electron chi connectivity index (χ4n) is 0.629. The van der Waals surface area contributed by atoms with E-state index in [1.54, 1.807) is 0 Å². The number of rotatable bonds is 0. The standard InChI is InChI=1S/C7H10NTe/c1-5-4-9-7(3)6(2)8-5/h4H,1-3H3. The van der Waals surface area contributed by atoms with E-state index in [0.717, 1.165) is 0 Å². The van der Waals surface area contributed by atoms with Crippen LogP contribution in [0, 0.1) is 0 Å². The van der Waals surface area contributed by atoms with E-state index in [1.165, 1.54) is 15.0 Å². The Morgan fingerprint density at radius 2 is 2.00 bits per heavy atom. The van der Waals surface area contributed by atoms with E-state index in [2.05, 4.69) is 30.2 Å². The predicted molar refractivity (Wildman–Crippen MR) is 40.0 cm³/mol. The first kappa shape index (κ1) is 7.18. The molecule has 49 valence electrons. The summed E-state index contributed by atoms with van der Waals surface area (Å²) in [5, 5.41) is 4.34. The van der Waals surface area contributed by atoms with Crippen molar-refractivity contribution in [3.05, 3.63) is 19.1 Å². The van der Waals surface area contributed by atoms with Gasteiger partial charge in [-0.3, -0.25) is 0 Å². The average molecular weight is 236 g/mol. The molecule has 0 N–H and O–H groups in total. The Morgan fingerprint density at radius 1 is 1.33 bits per heavy atom. The Morgan fingerprint density at radius 3 is 2.44 bits per heavy atom. The summed E-state index contributed by atoms with van der Waals surface area (Å²) in [6.07, 6.45) is 0. The molecule has 1 heterocycles. The van der Waals surface area contributed by atoms with E-state index in [0.29, 0.717) is 0 Å². The van der Waals surface area contributed by atoms with Gasteiger partial charge in [-0.25, -0.2) is 0 Å².